The number of fused-ring (bicyclic) bond motifs is 4. The minimum atomic E-state index is -4.45. The molecule has 200 valence electrons. The second kappa shape index (κ2) is 10.1. The van der Waals surface area contributed by atoms with E-state index in [9.17, 15) is 27.2 Å². The fraction of sp³-hybridized carbons (Fsp3) is 0.333. The van der Waals surface area contributed by atoms with Crippen LogP contribution in [-0.4, -0.2) is 44.9 Å². The van der Waals surface area contributed by atoms with Crippen LogP contribution in [0.1, 0.15) is 35.8 Å². The van der Waals surface area contributed by atoms with Gasteiger partial charge in [0.25, 0.3) is 5.56 Å². The number of nitrogens with zero attached hydrogens (tertiary/aromatic N) is 3. The van der Waals surface area contributed by atoms with Gasteiger partial charge in [0.15, 0.2) is 6.61 Å². The lowest BCUT2D eigenvalue weighted by atomic mass is 9.99. The first-order valence-electron chi connectivity index (χ1n) is 11.6. The molecule has 1 aromatic carbocycles. The number of aromatic nitrogens is 3. The Morgan fingerprint density at radius 1 is 1.21 bits per heavy atom. The van der Waals surface area contributed by atoms with Gasteiger partial charge in [0.05, 0.1) is 46.6 Å². The van der Waals surface area contributed by atoms with Gasteiger partial charge in [-0.3, -0.25) is 9.78 Å². The van der Waals surface area contributed by atoms with Crippen molar-refractivity contribution < 1.29 is 27.1 Å². The maximum absolute atomic E-state index is 14.9. The van der Waals surface area contributed by atoms with Crippen molar-refractivity contribution in [2.75, 3.05) is 17.2 Å². The topological polar surface area (TPSA) is 112 Å². The van der Waals surface area contributed by atoms with Crippen LogP contribution in [0.2, 0.25) is 5.02 Å². The Kier molecular flexibility index (Phi) is 6.86. The SMILES string of the molecule is O=C(Nc1cc(Cl)c(NCc2ccc(OCC(F)(F)F)cn2)cc1F)N1[C@H]2CC[C@@H]1c1n[nH]c(=O)cc1C2. The summed E-state index contributed by atoms with van der Waals surface area (Å²) in [5.74, 6) is -0.758. The molecular weight excluding hydrogens is 532 g/mol. The smallest absolute Gasteiger partial charge is 0.422 e. The minimum absolute atomic E-state index is 0.0371. The number of alkyl halides is 3. The molecule has 2 aliphatic rings. The first kappa shape index (κ1) is 25.8. The first-order chi connectivity index (χ1) is 18.1. The van der Waals surface area contributed by atoms with Crippen LogP contribution in [0.3, 0.4) is 0 Å². The van der Waals surface area contributed by atoms with Crippen molar-refractivity contribution in [3.05, 3.63) is 74.7 Å². The van der Waals surface area contributed by atoms with E-state index in [1.165, 1.54) is 24.3 Å². The molecule has 2 aromatic heterocycles. The molecule has 2 bridgehead atoms. The molecule has 14 heteroatoms. The van der Waals surface area contributed by atoms with E-state index in [0.717, 1.165) is 24.2 Å². The summed E-state index contributed by atoms with van der Waals surface area (Å²) >= 11 is 6.31. The Labute approximate surface area is 218 Å². The van der Waals surface area contributed by atoms with Gasteiger partial charge in [-0.1, -0.05) is 11.6 Å². The monoisotopic (exact) mass is 552 g/mol. The zero-order valence-corrected chi connectivity index (χ0v) is 20.4. The number of anilines is 2. The number of hydrogen-bond donors (Lipinski definition) is 3. The van der Waals surface area contributed by atoms with Crippen LogP contribution < -0.4 is 20.9 Å². The normalized spacial score (nSPS) is 18.2. The maximum atomic E-state index is 14.9. The molecule has 0 aliphatic carbocycles. The molecular formula is C24H21ClF4N6O3. The van der Waals surface area contributed by atoms with E-state index in [-0.39, 0.29) is 46.3 Å². The van der Waals surface area contributed by atoms with Gasteiger partial charge in [-0.15, -0.1) is 0 Å². The highest BCUT2D eigenvalue weighted by Crippen LogP contribution is 2.42. The van der Waals surface area contributed by atoms with Gasteiger partial charge in [-0.2, -0.15) is 18.3 Å². The van der Waals surface area contributed by atoms with Crippen molar-refractivity contribution in [3.63, 3.8) is 0 Å². The zero-order chi connectivity index (χ0) is 27.0. The van der Waals surface area contributed by atoms with Crippen molar-refractivity contribution in [1.82, 2.24) is 20.1 Å². The Hall–Kier alpha value is -3.87. The molecule has 38 heavy (non-hydrogen) atoms. The number of carbonyl (C=O) groups is 1. The number of rotatable bonds is 6. The molecule has 0 radical (unpaired) electrons. The lowest BCUT2D eigenvalue weighted by Crippen LogP contribution is -2.45. The predicted octanol–water partition coefficient (Wildman–Crippen LogP) is 4.80. The van der Waals surface area contributed by atoms with Gasteiger partial charge >= 0.3 is 12.2 Å². The molecule has 9 nitrogen and oxygen atoms in total. The van der Waals surface area contributed by atoms with Crippen molar-refractivity contribution in [2.24, 2.45) is 0 Å². The van der Waals surface area contributed by atoms with Gasteiger partial charge in [0.1, 0.15) is 11.6 Å². The summed E-state index contributed by atoms with van der Waals surface area (Å²) < 4.78 is 56.3. The highest BCUT2D eigenvalue weighted by molar-refractivity contribution is 6.33. The van der Waals surface area contributed by atoms with E-state index in [1.54, 1.807) is 4.90 Å². The number of aromatic amines is 1. The van der Waals surface area contributed by atoms with E-state index in [2.05, 4.69) is 30.6 Å². The van der Waals surface area contributed by atoms with Gasteiger partial charge in [-0.25, -0.2) is 14.3 Å². The third kappa shape index (κ3) is 5.52. The van der Waals surface area contributed by atoms with Crippen LogP contribution in [0.25, 0.3) is 0 Å². The Balaban J connectivity index is 1.22. The Morgan fingerprint density at radius 2 is 2.03 bits per heavy atom. The number of amides is 2. The first-order valence-corrected chi connectivity index (χ1v) is 12.0. The zero-order valence-electron chi connectivity index (χ0n) is 19.6. The van der Waals surface area contributed by atoms with E-state index in [1.807, 2.05) is 0 Å². The minimum Gasteiger partial charge on any atom is -0.483 e. The molecule has 0 unspecified atom stereocenters. The highest BCUT2D eigenvalue weighted by atomic mass is 35.5. The van der Waals surface area contributed by atoms with Crippen LogP contribution in [-0.2, 0) is 13.0 Å². The van der Waals surface area contributed by atoms with Gasteiger partial charge in [0.2, 0.25) is 0 Å². The molecule has 0 saturated carbocycles. The summed E-state index contributed by atoms with van der Waals surface area (Å²) in [7, 11) is 0. The van der Waals surface area contributed by atoms with E-state index in [4.69, 9.17) is 11.6 Å². The van der Waals surface area contributed by atoms with Gasteiger partial charge in [0, 0.05) is 18.2 Å². The van der Waals surface area contributed by atoms with Gasteiger partial charge < -0.3 is 20.3 Å². The van der Waals surface area contributed by atoms with E-state index < -0.39 is 24.6 Å². The molecule has 4 heterocycles. The summed E-state index contributed by atoms with van der Waals surface area (Å²) in [6.45, 7) is -1.32. The summed E-state index contributed by atoms with van der Waals surface area (Å²) in [6, 6.07) is 5.78. The summed E-state index contributed by atoms with van der Waals surface area (Å²) in [6.07, 6.45) is -1.39. The summed E-state index contributed by atoms with van der Waals surface area (Å²) in [5.41, 5.74) is 1.74. The van der Waals surface area contributed by atoms with Crippen LogP contribution in [0.4, 0.5) is 33.7 Å². The molecule has 0 spiro atoms. The van der Waals surface area contributed by atoms with Crippen LogP contribution in [0, 0.1) is 5.82 Å². The average Bonchev–Trinajstić information content (AvgIpc) is 3.19. The summed E-state index contributed by atoms with van der Waals surface area (Å²) in [4.78, 5) is 30.4. The predicted molar refractivity (Wildman–Crippen MR) is 130 cm³/mol. The standard InChI is InChI=1S/C24H21ClF4N6O3/c25-16-7-19(32-23(37)35-14-2-4-20(35)22-12(5-14)6-21(36)33-34-22)17(26)8-18(16)31-9-13-1-3-15(10-30-13)38-11-24(27,28)29/h1,3,6-8,10,14,20,31H,2,4-5,9,11H2,(H,32,37)(H,33,36)/t14-,20+/m0/s1. The van der Waals surface area contributed by atoms with Crippen molar-refractivity contribution in [1.29, 1.82) is 0 Å². The lowest BCUT2D eigenvalue weighted by Gasteiger charge is -2.35. The number of nitrogens with one attached hydrogen (secondary N) is 3. The van der Waals surface area contributed by atoms with Gasteiger partial charge in [-0.05, 0) is 43.0 Å². The average molecular weight is 553 g/mol. The van der Waals surface area contributed by atoms with Crippen LogP contribution in [0.5, 0.6) is 5.75 Å². The second-order valence-corrected chi connectivity index (χ2v) is 9.39. The molecule has 1 fully saturated rings. The number of pyridine rings is 1. The van der Waals surface area contributed by atoms with Crippen molar-refractivity contribution in [2.45, 2.75) is 44.1 Å². The molecule has 2 amide bonds. The Bertz CT molecular complexity index is 1420. The molecule has 3 N–H and O–H groups in total. The highest BCUT2D eigenvalue weighted by Gasteiger charge is 2.44. The second-order valence-electron chi connectivity index (χ2n) is 8.99. The number of halogens is 5. The van der Waals surface area contributed by atoms with Crippen LogP contribution in [0.15, 0.2) is 41.3 Å². The third-order valence-electron chi connectivity index (χ3n) is 6.39. The Morgan fingerprint density at radius 3 is 2.76 bits per heavy atom. The van der Waals surface area contributed by atoms with Crippen LogP contribution >= 0.6 is 11.6 Å². The number of urea groups is 1. The lowest BCUT2D eigenvalue weighted by molar-refractivity contribution is -0.153. The molecule has 1 saturated heterocycles. The largest absolute Gasteiger partial charge is 0.483 e. The maximum Gasteiger partial charge on any atom is 0.422 e. The number of carbonyl (C=O) groups excluding carboxylic acids is 1. The fourth-order valence-electron chi connectivity index (χ4n) is 4.73. The van der Waals surface area contributed by atoms with Crippen molar-refractivity contribution in [3.8, 4) is 5.75 Å². The number of hydrogen-bond acceptors (Lipinski definition) is 6. The molecule has 2 aliphatic heterocycles. The number of H-pyrrole nitrogens is 1. The number of ether oxygens (including phenoxy) is 1. The molecule has 3 aromatic rings. The number of benzene rings is 1. The van der Waals surface area contributed by atoms with E-state index >= 15 is 0 Å². The quantitative estimate of drug-likeness (QED) is 0.379. The molecule has 2 atom stereocenters. The third-order valence-corrected chi connectivity index (χ3v) is 6.70. The van der Waals surface area contributed by atoms with Crippen molar-refractivity contribution >= 4 is 29.0 Å². The summed E-state index contributed by atoms with van der Waals surface area (Å²) in [5, 5.41) is 12.2. The fourth-order valence-corrected chi connectivity index (χ4v) is 4.96. The molecule has 5 rings (SSSR count). The van der Waals surface area contributed by atoms with E-state index in [0.29, 0.717) is 24.2 Å².